The highest BCUT2D eigenvalue weighted by Gasteiger charge is 2.15. The third-order valence-corrected chi connectivity index (χ3v) is 2.99. The van der Waals surface area contributed by atoms with Crippen molar-refractivity contribution in [1.82, 2.24) is 4.98 Å². The largest absolute Gasteiger partial charge is 0.321 e. The zero-order valence-corrected chi connectivity index (χ0v) is 8.89. The molecule has 1 atom stereocenters. The minimum atomic E-state index is -0.430. The van der Waals surface area contributed by atoms with E-state index in [4.69, 9.17) is 5.73 Å². The summed E-state index contributed by atoms with van der Waals surface area (Å²) < 4.78 is 0. The molecule has 0 aliphatic rings. The van der Waals surface area contributed by atoms with E-state index < -0.39 is 6.04 Å². The lowest BCUT2D eigenvalue weighted by Crippen LogP contribution is -2.25. The molecule has 1 heterocycles. The molecule has 4 heteroatoms. The predicted octanol–water partition coefficient (Wildman–Crippen LogP) is 1.80. The van der Waals surface area contributed by atoms with Crippen LogP contribution < -0.4 is 5.73 Å². The van der Waals surface area contributed by atoms with E-state index in [-0.39, 0.29) is 5.78 Å². The number of hydrogen-bond acceptors (Lipinski definition) is 4. The van der Waals surface area contributed by atoms with Gasteiger partial charge in [-0.25, -0.2) is 4.98 Å². The maximum atomic E-state index is 11.4. The fourth-order valence-corrected chi connectivity index (χ4v) is 1.85. The Morgan fingerprint density at radius 3 is 2.54 bits per heavy atom. The molecule has 0 saturated heterocycles. The summed E-state index contributed by atoms with van der Waals surface area (Å²) >= 11 is 1.44. The molecule has 3 nitrogen and oxygen atoms in total. The molecule has 2 N–H and O–H groups in total. The normalized spacial score (nSPS) is 13.3. The fourth-order valence-electron chi connectivity index (χ4n) is 0.893. The Morgan fingerprint density at radius 2 is 2.15 bits per heavy atom. The van der Waals surface area contributed by atoms with Gasteiger partial charge in [-0.1, -0.05) is 13.8 Å². The first-order valence-electron chi connectivity index (χ1n) is 4.28. The molecular weight excluding hydrogens is 184 g/mol. The molecule has 0 saturated carbocycles. The zero-order valence-electron chi connectivity index (χ0n) is 8.07. The van der Waals surface area contributed by atoms with Gasteiger partial charge in [-0.15, -0.1) is 11.3 Å². The molecule has 0 spiro atoms. The van der Waals surface area contributed by atoms with Gasteiger partial charge in [-0.2, -0.15) is 0 Å². The zero-order chi connectivity index (χ0) is 10.0. The quantitative estimate of drug-likeness (QED) is 0.753. The SMILES string of the molecule is CC(N)C(=O)c1cnc(C(C)C)s1. The van der Waals surface area contributed by atoms with Gasteiger partial charge in [0.25, 0.3) is 0 Å². The molecule has 0 bridgehead atoms. The van der Waals surface area contributed by atoms with Crippen LogP contribution in [0.15, 0.2) is 6.20 Å². The van der Waals surface area contributed by atoms with E-state index in [1.165, 1.54) is 11.3 Å². The van der Waals surface area contributed by atoms with Gasteiger partial charge in [0.15, 0.2) is 5.78 Å². The van der Waals surface area contributed by atoms with Crippen LogP contribution in [0.5, 0.6) is 0 Å². The highest BCUT2D eigenvalue weighted by molar-refractivity contribution is 7.13. The van der Waals surface area contributed by atoms with E-state index in [1.54, 1.807) is 13.1 Å². The van der Waals surface area contributed by atoms with Gasteiger partial charge in [-0.3, -0.25) is 4.79 Å². The Labute approximate surface area is 82.0 Å². The Balaban J connectivity index is 2.86. The van der Waals surface area contributed by atoms with E-state index in [0.717, 1.165) is 5.01 Å². The number of aromatic nitrogens is 1. The minimum absolute atomic E-state index is 0.0237. The minimum Gasteiger partial charge on any atom is -0.321 e. The summed E-state index contributed by atoms with van der Waals surface area (Å²) in [6.45, 7) is 5.80. The Hall–Kier alpha value is -0.740. The molecular formula is C9H14N2OS. The van der Waals surface area contributed by atoms with Crippen molar-refractivity contribution in [1.29, 1.82) is 0 Å². The van der Waals surface area contributed by atoms with Gasteiger partial charge < -0.3 is 5.73 Å². The summed E-state index contributed by atoms with van der Waals surface area (Å²) in [5.41, 5.74) is 5.48. The average Bonchev–Trinajstić information content (AvgIpc) is 2.50. The molecule has 0 aliphatic heterocycles. The number of Topliss-reactive ketones (excluding diaryl/α,β-unsaturated/α-hetero) is 1. The summed E-state index contributed by atoms with van der Waals surface area (Å²) in [6, 6.07) is -0.430. The van der Waals surface area contributed by atoms with Crippen LogP contribution in [-0.2, 0) is 0 Å². The molecule has 0 aliphatic carbocycles. The summed E-state index contributed by atoms with van der Waals surface area (Å²) in [7, 11) is 0. The van der Waals surface area contributed by atoms with Gasteiger partial charge in [0.1, 0.15) is 0 Å². The van der Waals surface area contributed by atoms with Crippen molar-refractivity contribution in [2.45, 2.75) is 32.7 Å². The molecule has 0 radical (unpaired) electrons. The highest BCUT2D eigenvalue weighted by atomic mass is 32.1. The van der Waals surface area contributed by atoms with Crippen LogP contribution in [0.25, 0.3) is 0 Å². The van der Waals surface area contributed by atoms with Crippen molar-refractivity contribution in [3.8, 4) is 0 Å². The second-order valence-corrected chi connectivity index (χ2v) is 4.43. The molecule has 72 valence electrons. The lowest BCUT2D eigenvalue weighted by molar-refractivity contribution is 0.0971. The van der Waals surface area contributed by atoms with Crippen LogP contribution in [0.4, 0.5) is 0 Å². The summed E-state index contributed by atoms with van der Waals surface area (Å²) in [5, 5.41) is 0.990. The van der Waals surface area contributed by atoms with Crippen molar-refractivity contribution in [3.63, 3.8) is 0 Å². The van der Waals surface area contributed by atoms with Gasteiger partial charge in [0.2, 0.25) is 0 Å². The van der Waals surface area contributed by atoms with Crippen molar-refractivity contribution < 1.29 is 4.79 Å². The molecule has 1 unspecified atom stereocenters. The second-order valence-electron chi connectivity index (χ2n) is 3.37. The van der Waals surface area contributed by atoms with E-state index in [2.05, 4.69) is 18.8 Å². The van der Waals surface area contributed by atoms with E-state index >= 15 is 0 Å². The first-order valence-corrected chi connectivity index (χ1v) is 5.09. The Morgan fingerprint density at radius 1 is 1.54 bits per heavy atom. The third kappa shape index (κ3) is 2.35. The van der Waals surface area contributed by atoms with Crippen LogP contribution in [0.3, 0.4) is 0 Å². The predicted molar refractivity (Wildman–Crippen MR) is 54.2 cm³/mol. The number of carbonyl (C=O) groups excluding carboxylic acids is 1. The number of hydrogen-bond donors (Lipinski definition) is 1. The number of rotatable bonds is 3. The van der Waals surface area contributed by atoms with Crippen LogP contribution in [0, 0.1) is 0 Å². The van der Waals surface area contributed by atoms with Gasteiger partial charge >= 0.3 is 0 Å². The summed E-state index contributed by atoms with van der Waals surface area (Å²) in [6.07, 6.45) is 1.62. The molecule has 0 aromatic carbocycles. The molecule has 1 aromatic heterocycles. The number of thiazole rings is 1. The Kier molecular flexibility index (Phi) is 3.17. The average molecular weight is 198 g/mol. The van der Waals surface area contributed by atoms with Crippen molar-refractivity contribution in [3.05, 3.63) is 16.1 Å². The maximum Gasteiger partial charge on any atom is 0.190 e. The van der Waals surface area contributed by atoms with Crippen LogP contribution in [0.1, 0.15) is 41.4 Å². The fraction of sp³-hybridized carbons (Fsp3) is 0.556. The second kappa shape index (κ2) is 3.98. The topological polar surface area (TPSA) is 56.0 Å². The van der Waals surface area contributed by atoms with E-state index in [1.807, 2.05) is 0 Å². The molecule has 1 rings (SSSR count). The first-order chi connectivity index (χ1) is 6.02. The number of carbonyl (C=O) groups is 1. The highest BCUT2D eigenvalue weighted by Crippen LogP contribution is 2.21. The first kappa shape index (κ1) is 10.3. The number of nitrogens with zero attached hydrogens (tertiary/aromatic N) is 1. The standard InChI is InChI=1S/C9H14N2OS/c1-5(2)9-11-4-7(13-9)8(12)6(3)10/h4-6H,10H2,1-3H3. The van der Waals surface area contributed by atoms with Gasteiger partial charge in [0.05, 0.1) is 15.9 Å². The van der Waals surface area contributed by atoms with Crippen molar-refractivity contribution in [2.75, 3.05) is 0 Å². The molecule has 0 amide bonds. The van der Waals surface area contributed by atoms with Crippen molar-refractivity contribution in [2.24, 2.45) is 5.73 Å². The third-order valence-electron chi connectivity index (χ3n) is 1.67. The van der Waals surface area contributed by atoms with Gasteiger partial charge in [-0.05, 0) is 6.92 Å². The lowest BCUT2D eigenvalue weighted by Gasteiger charge is -1.99. The molecule has 13 heavy (non-hydrogen) atoms. The number of ketones is 1. The lowest BCUT2D eigenvalue weighted by atomic mass is 10.2. The monoisotopic (exact) mass is 198 g/mol. The van der Waals surface area contributed by atoms with Gasteiger partial charge in [0, 0.05) is 12.1 Å². The van der Waals surface area contributed by atoms with Crippen LogP contribution in [0.2, 0.25) is 0 Å². The Bertz CT molecular complexity index is 304. The molecule has 1 aromatic rings. The smallest absolute Gasteiger partial charge is 0.190 e. The maximum absolute atomic E-state index is 11.4. The van der Waals surface area contributed by atoms with E-state index in [0.29, 0.717) is 10.8 Å². The molecule has 0 fully saturated rings. The number of nitrogens with two attached hydrogens (primary N) is 1. The summed E-state index contributed by atoms with van der Waals surface area (Å²) in [5.74, 6) is 0.351. The van der Waals surface area contributed by atoms with Crippen LogP contribution >= 0.6 is 11.3 Å². The summed E-state index contributed by atoms with van der Waals surface area (Å²) in [4.78, 5) is 16.3. The van der Waals surface area contributed by atoms with E-state index in [9.17, 15) is 4.79 Å². The van der Waals surface area contributed by atoms with Crippen LogP contribution in [-0.4, -0.2) is 16.8 Å². The van der Waals surface area contributed by atoms with Crippen molar-refractivity contribution >= 4 is 17.1 Å².